The second-order valence-corrected chi connectivity index (χ2v) is 8.64. The van der Waals surface area contributed by atoms with Crippen LogP contribution in [0, 0.1) is 11.8 Å². The summed E-state index contributed by atoms with van der Waals surface area (Å²) in [6.07, 6.45) is 0.748. The summed E-state index contributed by atoms with van der Waals surface area (Å²) < 4.78 is 23.3. The van der Waals surface area contributed by atoms with E-state index in [1.807, 2.05) is 7.05 Å². The van der Waals surface area contributed by atoms with E-state index in [0.717, 1.165) is 13.0 Å². The van der Waals surface area contributed by atoms with Crippen LogP contribution in [0.3, 0.4) is 0 Å². The topological polar surface area (TPSA) is 46.2 Å². The Hall–Kier alpha value is -0.0900. The Balaban J connectivity index is 4.43. The Kier molecular flexibility index (Phi) is 5.98. The molecule has 0 saturated carbocycles. The molecule has 0 saturated heterocycles. The summed E-state index contributed by atoms with van der Waals surface area (Å²) in [6.45, 7) is 10.5. The van der Waals surface area contributed by atoms with Crippen molar-refractivity contribution < 1.29 is 8.42 Å². The van der Waals surface area contributed by atoms with Gasteiger partial charge in [-0.2, -0.15) is 0 Å². The van der Waals surface area contributed by atoms with Crippen LogP contribution in [0.2, 0.25) is 0 Å². The van der Waals surface area contributed by atoms with E-state index < -0.39 is 14.6 Å². The minimum absolute atomic E-state index is 0.293. The maximum atomic E-state index is 12.0. The zero-order valence-electron chi connectivity index (χ0n) is 11.5. The van der Waals surface area contributed by atoms with Gasteiger partial charge in [0.2, 0.25) is 0 Å². The molecule has 0 bridgehead atoms. The van der Waals surface area contributed by atoms with E-state index in [0.29, 0.717) is 17.6 Å². The fourth-order valence-electron chi connectivity index (χ4n) is 1.55. The van der Waals surface area contributed by atoms with Gasteiger partial charge in [-0.15, -0.1) is 0 Å². The highest BCUT2D eigenvalue weighted by atomic mass is 32.2. The highest BCUT2D eigenvalue weighted by Gasteiger charge is 2.29. The van der Waals surface area contributed by atoms with Gasteiger partial charge in [0.05, 0.1) is 10.5 Å². The van der Waals surface area contributed by atoms with Crippen LogP contribution < -0.4 is 5.32 Å². The smallest absolute Gasteiger partial charge is 0.155 e. The van der Waals surface area contributed by atoms with Crippen LogP contribution in [0.4, 0.5) is 0 Å². The molecule has 0 aliphatic carbocycles. The first kappa shape index (κ1) is 15.9. The largest absolute Gasteiger partial charge is 0.319 e. The van der Waals surface area contributed by atoms with Crippen LogP contribution >= 0.6 is 0 Å². The van der Waals surface area contributed by atoms with E-state index in [-0.39, 0.29) is 0 Å². The van der Waals surface area contributed by atoms with Crippen LogP contribution in [0.5, 0.6) is 0 Å². The van der Waals surface area contributed by atoms with Crippen molar-refractivity contribution >= 4 is 9.84 Å². The van der Waals surface area contributed by atoms with E-state index in [1.165, 1.54) is 0 Å². The van der Waals surface area contributed by atoms with E-state index in [4.69, 9.17) is 0 Å². The molecule has 0 fully saturated rings. The van der Waals surface area contributed by atoms with Crippen LogP contribution in [0.1, 0.15) is 41.0 Å². The molecule has 0 aromatic heterocycles. The molecule has 1 atom stereocenters. The Morgan fingerprint density at radius 1 is 1.19 bits per heavy atom. The minimum Gasteiger partial charge on any atom is -0.319 e. The highest BCUT2D eigenvalue weighted by molar-refractivity contribution is 7.92. The minimum atomic E-state index is -2.97. The van der Waals surface area contributed by atoms with Crippen LogP contribution in [0.25, 0.3) is 0 Å². The van der Waals surface area contributed by atoms with E-state index in [9.17, 15) is 8.42 Å². The fraction of sp³-hybridized carbons (Fsp3) is 1.00. The normalized spacial score (nSPS) is 15.4. The van der Waals surface area contributed by atoms with Gasteiger partial charge in [-0.25, -0.2) is 8.42 Å². The molecule has 0 spiro atoms. The monoisotopic (exact) mass is 249 g/mol. The van der Waals surface area contributed by atoms with Gasteiger partial charge in [-0.05, 0) is 52.6 Å². The predicted octanol–water partition coefficient (Wildman–Crippen LogP) is 2.08. The SMILES string of the molecule is CNCC(CCS(=O)(=O)C(C)(C)C)C(C)C. The van der Waals surface area contributed by atoms with Crippen molar-refractivity contribution in [2.45, 2.75) is 45.8 Å². The zero-order chi connectivity index (χ0) is 13.0. The van der Waals surface area contributed by atoms with Crippen LogP contribution in [-0.2, 0) is 9.84 Å². The third-order valence-corrected chi connectivity index (χ3v) is 5.74. The third-order valence-electron chi connectivity index (χ3n) is 3.10. The molecule has 1 unspecified atom stereocenters. The molecule has 16 heavy (non-hydrogen) atoms. The number of rotatable bonds is 6. The van der Waals surface area contributed by atoms with Crippen molar-refractivity contribution in [1.82, 2.24) is 5.32 Å². The average molecular weight is 249 g/mol. The van der Waals surface area contributed by atoms with Gasteiger partial charge in [0, 0.05) is 0 Å². The van der Waals surface area contributed by atoms with Gasteiger partial charge < -0.3 is 5.32 Å². The highest BCUT2D eigenvalue weighted by Crippen LogP contribution is 2.21. The third kappa shape index (κ3) is 4.83. The Labute approximate surface area is 101 Å². The first-order valence-corrected chi connectivity index (χ1v) is 7.64. The average Bonchev–Trinajstić information content (AvgIpc) is 2.09. The number of hydrogen-bond acceptors (Lipinski definition) is 3. The molecule has 3 nitrogen and oxygen atoms in total. The molecule has 0 rings (SSSR count). The fourth-order valence-corrected chi connectivity index (χ4v) is 2.77. The first-order valence-electron chi connectivity index (χ1n) is 5.98. The molecule has 1 N–H and O–H groups in total. The summed E-state index contributed by atoms with van der Waals surface area (Å²) in [7, 11) is -1.06. The van der Waals surface area contributed by atoms with Crippen LogP contribution in [0.15, 0.2) is 0 Å². The Morgan fingerprint density at radius 3 is 2.00 bits per heavy atom. The van der Waals surface area contributed by atoms with Gasteiger partial charge in [0.1, 0.15) is 0 Å². The number of sulfone groups is 1. The quantitative estimate of drug-likeness (QED) is 0.784. The van der Waals surface area contributed by atoms with Gasteiger partial charge in [-0.3, -0.25) is 0 Å². The second kappa shape index (κ2) is 6.01. The van der Waals surface area contributed by atoms with Crippen molar-refractivity contribution in [3.63, 3.8) is 0 Å². The lowest BCUT2D eigenvalue weighted by molar-refractivity contribution is 0.361. The number of hydrogen-bond donors (Lipinski definition) is 1. The molecule has 4 heteroatoms. The Morgan fingerprint density at radius 2 is 1.69 bits per heavy atom. The summed E-state index contributed by atoms with van der Waals surface area (Å²) in [5, 5.41) is 3.13. The molecular formula is C12H27NO2S. The lowest BCUT2D eigenvalue weighted by Gasteiger charge is -2.24. The summed E-state index contributed by atoms with van der Waals surface area (Å²) >= 11 is 0. The standard InChI is InChI=1S/C12H27NO2S/c1-10(2)11(9-13-6)7-8-16(14,15)12(3,4)5/h10-11,13H,7-9H2,1-6H3. The van der Waals surface area contributed by atoms with Crippen molar-refractivity contribution in [2.24, 2.45) is 11.8 Å². The molecular weight excluding hydrogens is 222 g/mol. The van der Waals surface area contributed by atoms with Crippen molar-refractivity contribution in [3.8, 4) is 0 Å². The first-order chi connectivity index (χ1) is 7.12. The van der Waals surface area contributed by atoms with Crippen LogP contribution in [-0.4, -0.2) is 32.5 Å². The summed E-state index contributed by atoms with van der Waals surface area (Å²) in [5.74, 6) is 1.24. The van der Waals surface area contributed by atoms with Gasteiger partial charge >= 0.3 is 0 Å². The van der Waals surface area contributed by atoms with Gasteiger partial charge in [0.15, 0.2) is 9.84 Å². The maximum Gasteiger partial charge on any atom is 0.155 e. The molecule has 98 valence electrons. The summed E-state index contributed by atoms with van der Waals surface area (Å²) in [4.78, 5) is 0. The maximum absolute atomic E-state index is 12.0. The van der Waals surface area contributed by atoms with Gasteiger partial charge in [-0.1, -0.05) is 13.8 Å². The van der Waals surface area contributed by atoms with E-state index >= 15 is 0 Å². The van der Waals surface area contributed by atoms with Crippen molar-refractivity contribution in [1.29, 1.82) is 0 Å². The lowest BCUT2D eigenvalue weighted by Crippen LogP contribution is -2.33. The predicted molar refractivity (Wildman–Crippen MR) is 70.4 cm³/mol. The molecule has 0 radical (unpaired) electrons. The van der Waals surface area contributed by atoms with E-state index in [1.54, 1.807) is 20.8 Å². The van der Waals surface area contributed by atoms with Gasteiger partial charge in [0.25, 0.3) is 0 Å². The molecule has 0 aromatic rings. The molecule has 0 aliphatic heterocycles. The summed E-state index contributed by atoms with van der Waals surface area (Å²) in [6, 6.07) is 0. The lowest BCUT2D eigenvalue weighted by atomic mass is 9.93. The van der Waals surface area contributed by atoms with Crippen molar-refractivity contribution in [3.05, 3.63) is 0 Å². The number of nitrogens with one attached hydrogen (secondary N) is 1. The van der Waals surface area contributed by atoms with E-state index in [2.05, 4.69) is 19.2 Å². The zero-order valence-corrected chi connectivity index (χ0v) is 12.3. The summed E-state index contributed by atoms with van der Waals surface area (Å²) in [5.41, 5.74) is 0. The molecule has 0 amide bonds. The Bertz CT molecular complexity index is 289. The molecule has 0 heterocycles. The van der Waals surface area contributed by atoms with Crippen molar-refractivity contribution in [2.75, 3.05) is 19.3 Å². The molecule has 0 aliphatic rings. The molecule has 0 aromatic carbocycles. The second-order valence-electron chi connectivity index (χ2n) is 5.78.